The topological polar surface area (TPSA) is 51.8 Å². The van der Waals surface area contributed by atoms with E-state index in [1.165, 1.54) is 0 Å². The largest absolute Gasteiger partial charge is 0.326 e. The average Bonchev–Trinajstić information content (AvgIpc) is 2.97. The molecule has 0 saturated carbocycles. The summed E-state index contributed by atoms with van der Waals surface area (Å²) in [5.74, 6) is 0. The molecule has 0 aliphatic carbocycles. The molecule has 20 heavy (non-hydrogen) atoms. The van der Waals surface area contributed by atoms with Gasteiger partial charge in [-0.2, -0.15) is 0 Å². The SMILES string of the molecule is NCc1cccc(-c2csc(-c3cncc(Br)c3)n2)c1. The van der Waals surface area contributed by atoms with E-state index >= 15 is 0 Å². The highest BCUT2D eigenvalue weighted by molar-refractivity contribution is 9.10. The number of nitrogens with zero attached hydrogens (tertiary/aromatic N) is 2. The number of aromatic nitrogens is 2. The monoisotopic (exact) mass is 345 g/mol. The van der Waals surface area contributed by atoms with E-state index in [2.05, 4.69) is 43.4 Å². The number of thiazole rings is 1. The first kappa shape index (κ1) is 13.4. The highest BCUT2D eigenvalue weighted by Gasteiger charge is 2.07. The molecule has 3 nitrogen and oxygen atoms in total. The van der Waals surface area contributed by atoms with Crippen LogP contribution >= 0.6 is 27.3 Å². The van der Waals surface area contributed by atoms with E-state index < -0.39 is 0 Å². The third-order valence-corrected chi connectivity index (χ3v) is 4.24. The zero-order chi connectivity index (χ0) is 13.9. The molecule has 2 heterocycles. The second-order valence-electron chi connectivity index (χ2n) is 4.33. The van der Waals surface area contributed by atoms with E-state index in [-0.39, 0.29) is 0 Å². The number of nitrogens with two attached hydrogens (primary N) is 1. The van der Waals surface area contributed by atoms with Gasteiger partial charge in [0.15, 0.2) is 0 Å². The molecule has 2 aromatic heterocycles. The van der Waals surface area contributed by atoms with Gasteiger partial charge in [0.2, 0.25) is 0 Å². The van der Waals surface area contributed by atoms with Crippen LogP contribution < -0.4 is 5.73 Å². The number of rotatable bonds is 3. The number of benzene rings is 1. The molecule has 0 atom stereocenters. The van der Waals surface area contributed by atoms with E-state index in [4.69, 9.17) is 5.73 Å². The molecule has 0 bridgehead atoms. The van der Waals surface area contributed by atoms with Crippen LogP contribution in [-0.2, 0) is 6.54 Å². The van der Waals surface area contributed by atoms with Gasteiger partial charge in [-0.05, 0) is 33.6 Å². The Morgan fingerprint density at radius 3 is 2.85 bits per heavy atom. The molecule has 0 fully saturated rings. The average molecular weight is 346 g/mol. The van der Waals surface area contributed by atoms with E-state index in [9.17, 15) is 0 Å². The zero-order valence-corrected chi connectivity index (χ0v) is 13.0. The lowest BCUT2D eigenvalue weighted by molar-refractivity contribution is 1.07. The minimum absolute atomic E-state index is 0.542. The van der Waals surface area contributed by atoms with Crippen molar-refractivity contribution < 1.29 is 0 Å². The van der Waals surface area contributed by atoms with Crippen LogP contribution in [0.25, 0.3) is 21.8 Å². The molecule has 0 spiro atoms. The summed E-state index contributed by atoms with van der Waals surface area (Å²) in [5, 5.41) is 3.03. The minimum atomic E-state index is 0.542. The first-order valence-electron chi connectivity index (χ1n) is 6.12. The van der Waals surface area contributed by atoms with Gasteiger partial charge in [0.1, 0.15) is 5.01 Å². The Hall–Kier alpha value is -1.56. The van der Waals surface area contributed by atoms with Gasteiger partial charge in [0, 0.05) is 39.9 Å². The van der Waals surface area contributed by atoms with Gasteiger partial charge in [-0.3, -0.25) is 4.98 Å². The maximum absolute atomic E-state index is 5.68. The van der Waals surface area contributed by atoms with Crippen molar-refractivity contribution in [2.24, 2.45) is 5.73 Å². The highest BCUT2D eigenvalue weighted by atomic mass is 79.9. The van der Waals surface area contributed by atoms with Crippen LogP contribution in [0, 0.1) is 0 Å². The van der Waals surface area contributed by atoms with Gasteiger partial charge in [0.25, 0.3) is 0 Å². The number of hydrogen-bond donors (Lipinski definition) is 1. The summed E-state index contributed by atoms with van der Waals surface area (Å²) in [6.45, 7) is 0.542. The van der Waals surface area contributed by atoms with Crippen molar-refractivity contribution in [3.63, 3.8) is 0 Å². The van der Waals surface area contributed by atoms with Gasteiger partial charge in [-0.25, -0.2) is 4.98 Å². The van der Waals surface area contributed by atoms with Gasteiger partial charge in [-0.1, -0.05) is 18.2 Å². The molecule has 5 heteroatoms. The Kier molecular flexibility index (Phi) is 3.91. The summed E-state index contributed by atoms with van der Waals surface area (Å²) >= 11 is 5.05. The van der Waals surface area contributed by atoms with Crippen molar-refractivity contribution in [1.82, 2.24) is 9.97 Å². The van der Waals surface area contributed by atoms with E-state index in [0.717, 1.165) is 31.9 Å². The fraction of sp³-hybridized carbons (Fsp3) is 0.0667. The molecule has 0 aliphatic heterocycles. The summed E-state index contributed by atoms with van der Waals surface area (Å²) in [6.07, 6.45) is 3.59. The summed E-state index contributed by atoms with van der Waals surface area (Å²) in [5.41, 5.74) is 9.88. The Morgan fingerprint density at radius 2 is 2.05 bits per heavy atom. The van der Waals surface area contributed by atoms with Crippen molar-refractivity contribution >= 4 is 27.3 Å². The molecule has 0 unspecified atom stereocenters. The molecule has 0 saturated heterocycles. The Balaban J connectivity index is 1.97. The van der Waals surface area contributed by atoms with Gasteiger partial charge in [0.05, 0.1) is 5.69 Å². The van der Waals surface area contributed by atoms with Crippen molar-refractivity contribution in [3.05, 3.63) is 58.1 Å². The van der Waals surface area contributed by atoms with Crippen molar-refractivity contribution in [2.75, 3.05) is 0 Å². The molecule has 2 N–H and O–H groups in total. The maximum Gasteiger partial charge on any atom is 0.125 e. The van der Waals surface area contributed by atoms with Crippen LogP contribution in [0.2, 0.25) is 0 Å². The molecule has 0 radical (unpaired) electrons. The zero-order valence-electron chi connectivity index (χ0n) is 10.6. The molecule has 0 amide bonds. The molecular weight excluding hydrogens is 334 g/mol. The lowest BCUT2D eigenvalue weighted by atomic mass is 10.1. The number of hydrogen-bond acceptors (Lipinski definition) is 4. The van der Waals surface area contributed by atoms with Crippen LogP contribution in [0.15, 0.2) is 52.6 Å². The first-order valence-corrected chi connectivity index (χ1v) is 7.79. The molecular formula is C15H12BrN3S. The quantitative estimate of drug-likeness (QED) is 0.777. The Bertz CT molecular complexity index is 739. The first-order chi connectivity index (χ1) is 9.76. The highest BCUT2D eigenvalue weighted by Crippen LogP contribution is 2.29. The molecule has 3 rings (SSSR count). The van der Waals surface area contributed by atoms with Gasteiger partial charge in [-0.15, -0.1) is 11.3 Å². The predicted molar refractivity (Wildman–Crippen MR) is 86.4 cm³/mol. The summed E-state index contributed by atoms with van der Waals surface area (Å²) in [7, 11) is 0. The third-order valence-electron chi connectivity index (χ3n) is 2.91. The van der Waals surface area contributed by atoms with Gasteiger partial charge < -0.3 is 5.73 Å². The van der Waals surface area contributed by atoms with Crippen LogP contribution in [-0.4, -0.2) is 9.97 Å². The summed E-state index contributed by atoms with van der Waals surface area (Å²) < 4.78 is 0.955. The van der Waals surface area contributed by atoms with Crippen molar-refractivity contribution in [2.45, 2.75) is 6.54 Å². The second-order valence-corrected chi connectivity index (χ2v) is 6.11. The predicted octanol–water partition coefficient (Wildman–Crippen LogP) is 4.09. The van der Waals surface area contributed by atoms with Crippen LogP contribution in [0.5, 0.6) is 0 Å². The smallest absolute Gasteiger partial charge is 0.125 e. The summed E-state index contributed by atoms with van der Waals surface area (Å²) in [4.78, 5) is 8.86. The number of halogens is 1. The lowest BCUT2D eigenvalue weighted by Crippen LogP contribution is -1.95. The second kappa shape index (κ2) is 5.83. The van der Waals surface area contributed by atoms with Crippen molar-refractivity contribution in [1.29, 1.82) is 0 Å². The fourth-order valence-corrected chi connectivity index (χ4v) is 3.10. The number of pyridine rings is 1. The van der Waals surface area contributed by atoms with Gasteiger partial charge >= 0.3 is 0 Å². The normalized spacial score (nSPS) is 10.7. The molecule has 3 aromatic rings. The fourth-order valence-electron chi connectivity index (χ4n) is 1.93. The van der Waals surface area contributed by atoms with Crippen LogP contribution in [0.4, 0.5) is 0 Å². The lowest BCUT2D eigenvalue weighted by Gasteiger charge is -2.00. The van der Waals surface area contributed by atoms with Crippen LogP contribution in [0.1, 0.15) is 5.56 Å². The van der Waals surface area contributed by atoms with Crippen molar-refractivity contribution in [3.8, 4) is 21.8 Å². The van der Waals surface area contributed by atoms with Crippen LogP contribution in [0.3, 0.4) is 0 Å². The minimum Gasteiger partial charge on any atom is -0.326 e. The maximum atomic E-state index is 5.68. The third kappa shape index (κ3) is 2.80. The molecule has 1 aromatic carbocycles. The molecule has 100 valence electrons. The standard InChI is InChI=1S/C15H12BrN3S/c16-13-5-12(7-18-8-13)15-19-14(9-20-15)11-3-1-2-10(4-11)6-17/h1-5,7-9H,6,17H2. The van der Waals surface area contributed by atoms with E-state index in [0.29, 0.717) is 6.54 Å². The Morgan fingerprint density at radius 1 is 1.15 bits per heavy atom. The summed E-state index contributed by atoms with van der Waals surface area (Å²) in [6, 6.07) is 10.2. The van der Waals surface area contributed by atoms with E-state index in [1.807, 2.05) is 24.4 Å². The molecule has 0 aliphatic rings. The van der Waals surface area contributed by atoms with E-state index in [1.54, 1.807) is 17.5 Å². The Labute approximate surface area is 129 Å².